The Morgan fingerprint density at radius 2 is 2.13 bits per heavy atom. The lowest BCUT2D eigenvalue weighted by molar-refractivity contribution is -0.141. The second kappa shape index (κ2) is 5.14. The number of hydrogen-bond acceptors (Lipinski definition) is 4. The highest BCUT2D eigenvalue weighted by molar-refractivity contribution is 6.10. The molecule has 80 valence electrons. The first-order chi connectivity index (χ1) is 7.15. The zero-order valence-electron chi connectivity index (χ0n) is 8.62. The van der Waals surface area contributed by atoms with Gasteiger partial charge in [-0.05, 0) is 13.0 Å². The van der Waals surface area contributed by atoms with Gasteiger partial charge in [0.25, 0.3) is 0 Å². The van der Waals surface area contributed by atoms with E-state index in [0.29, 0.717) is 17.9 Å². The number of nitrogen functional groups attached to an aromatic ring is 1. The summed E-state index contributed by atoms with van der Waals surface area (Å²) in [5.41, 5.74) is 6.96. The van der Waals surface area contributed by atoms with Gasteiger partial charge in [-0.15, -0.1) is 0 Å². The largest absolute Gasteiger partial charge is 0.466 e. The molecule has 3 N–H and O–H groups in total. The summed E-state index contributed by atoms with van der Waals surface area (Å²) in [4.78, 5) is 11.1. The van der Waals surface area contributed by atoms with Crippen LogP contribution < -0.4 is 5.73 Å². The molecule has 0 aliphatic rings. The van der Waals surface area contributed by atoms with E-state index in [4.69, 9.17) is 15.9 Å². The predicted octanol–water partition coefficient (Wildman–Crippen LogP) is 1.59. The highest BCUT2D eigenvalue weighted by atomic mass is 16.5. The molecule has 0 aliphatic heterocycles. The van der Waals surface area contributed by atoms with Crippen molar-refractivity contribution in [1.82, 2.24) is 0 Å². The second-order valence-corrected chi connectivity index (χ2v) is 3.05. The molecular formula is C11H14N2O2. The Morgan fingerprint density at radius 3 is 2.73 bits per heavy atom. The van der Waals surface area contributed by atoms with Crippen LogP contribution in [-0.4, -0.2) is 18.3 Å². The lowest BCUT2D eigenvalue weighted by Crippen LogP contribution is -2.12. The standard InChI is InChI=1S/C11H14N2O2/c1-2-15-11(14)7-10(13)8-5-3-4-6-9(8)12/h3-6,13H,2,7,12H2,1H3. The molecule has 0 radical (unpaired) electrons. The molecule has 15 heavy (non-hydrogen) atoms. The van der Waals surface area contributed by atoms with Crippen molar-refractivity contribution in [2.45, 2.75) is 13.3 Å². The van der Waals surface area contributed by atoms with Gasteiger partial charge in [0, 0.05) is 11.3 Å². The molecule has 0 unspecified atom stereocenters. The minimum Gasteiger partial charge on any atom is -0.466 e. The first-order valence-electron chi connectivity index (χ1n) is 4.73. The van der Waals surface area contributed by atoms with Gasteiger partial charge in [0.15, 0.2) is 0 Å². The van der Waals surface area contributed by atoms with E-state index in [1.54, 1.807) is 31.2 Å². The molecule has 0 aliphatic carbocycles. The molecule has 0 aromatic heterocycles. The molecule has 0 bridgehead atoms. The summed E-state index contributed by atoms with van der Waals surface area (Å²) in [6.07, 6.45) is -0.0396. The van der Waals surface area contributed by atoms with E-state index < -0.39 is 5.97 Å². The summed E-state index contributed by atoms with van der Waals surface area (Å²) < 4.78 is 4.75. The van der Waals surface area contributed by atoms with Crippen LogP contribution in [0.5, 0.6) is 0 Å². The fraction of sp³-hybridized carbons (Fsp3) is 0.273. The molecule has 0 saturated heterocycles. The number of carbonyl (C=O) groups is 1. The van der Waals surface area contributed by atoms with Gasteiger partial charge < -0.3 is 15.9 Å². The molecule has 0 heterocycles. The van der Waals surface area contributed by atoms with E-state index in [2.05, 4.69) is 0 Å². The number of nitrogens with one attached hydrogen (secondary N) is 1. The normalized spacial score (nSPS) is 9.67. The molecule has 0 atom stereocenters. The van der Waals surface area contributed by atoms with Crippen LogP contribution in [-0.2, 0) is 9.53 Å². The zero-order valence-corrected chi connectivity index (χ0v) is 8.62. The van der Waals surface area contributed by atoms with Crippen LogP contribution in [0, 0.1) is 5.41 Å². The van der Waals surface area contributed by atoms with Crippen molar-refractivity contribution in [3.8, 4) is 0 Å². The van der Waals surface area contributed by atoms with Crippen LogP contribution >= 0.6 is 0 Å². The SMILES string of the molecule is CCOC(=O)CC(=N)c1ccccc1N. The summed E-state index contributed by atoms with van der Waals surface area (Å²) >= 11 is 0. The Kier molecular flexibility index (Phi) is 3.85. The number of ether oxygens (including phenoxy) is 1. The zero-order chi connectivity index (χ0) is 11.3. The fourth-order valence-electron chi connectivity index (χ4n) is 1.22. The third-order valence-corrected chi connectivity index (χ3v) is 1.91. The molecule has 0 saturated carbocycles. The van der Waals surface area contributed by atoms with Crippen LogP contribution in [0.3, 0.4) is 0 Å². The van der Waals surface area contributed by atoms with Crippen molar-refractivity contribution in [3.05, 3.63) is 29.8 Å². The van der Waals surface area contributed by atoms with Gasteiger partial charge in [0.1, 0.15) is 0 Å². The molecule has 0 fully saturated rings. The molecule has 1 aromatic carbocycles. The maximum Gasteiger partial charge on any atom is 0.311 e. The van der Waals surface area contributed by atoms with Gasteiger partial charge in [-0.1, -0.05) is 18.2 Å². The summed E-state index contributed by atoms with van der Waals surface area (Å²) in [5, 5.41) is 7.70. The number of hydrogen-bond donors (Lipinski definition) is 2. The van der Waals surface area contributed by atoms with Crippen LogP contribution in [0.15, 0.2) is 24.3 Å². The smallest absolute Gasteiger partial charge is 0.311 e. The molecule has 1 rings (SSSR count). The average molecular weight is 206 g/mol. The summed E-state index contributed by atoms with van der Waals surface area (Å²) in [7, 11) is 0. The van der Waals surface area contributed by atoms with Crippen LogP contribution in [0.1, 0.15) is 18.9 Å². The number of esters is 1. The quantitative estimate of drug-likeness (QED) is 0.446. The molecular weight excluding hydrogens is 192 g/mol. The summed E-state index contributed by atoms with van der Waals surface area (Å²) in [5.74, 6) is -0.397. The maximum atomic E-state index is 11.1. The Labute approximate surface area is 88.6 Å². The first kappa shape index (κ1) is 11.2. The Hall–Kier alpha value is -1.84. The topological polar surface area (TPSA) is 76.2 Å². The average Bonchev–Trinajstić information content (AvgIpc) is 2.18. The number of benzene rings is 1. The molecule has 0 spiro atoms. The van der Waals surface area contributed by atoms with E-state index >= 15 is 0 Å². The monoisotopic (exact) mass is 206 g/mol. The predicted molar refractivity (Wildman–Crippen MR) is 58.9 cm³/mol. The van der Waals surface area contributed by atoms with Crippen molar-refractivity contribution >= 4 is 17.4 Å². The van der Waals surface area contributed by atoms with Crippen molar-refractivity contribution in [2.24, 2.45) is 0 Å². The fourth-order valence-corrected chi connectivity index (χ4v) is 1.22. The Balaban J connectivity index is 2.70. The van der Waals surface area contributed by atoms with Crippen molar-refractivity contribution in [1.29, 1.82) is 5.41 Å². The van der Waals surface area contributed by atoms with E-state index in [9.17, 15) is 4.79 Å². The number of anilines is 1. The van der Waals surface area contributed by atoms with E-state index in [1.807, 2.05) is 0 Å². The maximum absolute atomic E-state index is 11.1. The lowest BCUT2D eigenvalue weighted by Gasteiger charge is -2.06. The van der Waals surface area contributed by atoms with E-state index in [0.717, 1.165) is 0 Å². The van der Waals surface area contributed by atoms with Crippen molar-refractivity contribution < 1.29 is 9.53 Å². The molecule has 0 amide bonds. The van der Waals surface area contributed by atoms with Gasteiger partial charge in [-0.25, -0.2) is 0 Å². The molecule has 4 heteroatoms. The van der Waals surface area contributed by atoms with Crippen LogP contribution in [0.2, 0.25) is 0 Å². The third-order valence-electron chi connectivity index (χ3n) is 1.91. The van der Waals surface area contributed by atoms with Crippen molar-refractivity contribution in [3.63, 3.8) is 0 Å². The third kappa shape index (κ3) is 3.09. The number of nitrogens with two attached hydrogens (primary N) is 1. The Morgan fingerprint density at radius 1 is 1.47 bits per heavy atom. The van der Waals surface area contributed by atoms with E-state index in [-0.39, 0.29) is 12.1 Å². The highest BCUT2D eigenvalue weighted by Gasteiger charge is 2.10. The summed E-state index contributed by atoms with van der Waals surface area (Å²) in [6, 6.07) is 6.99. The van der Waals surface area contributed by atoms with Crippen molar-refractivity contribution in [2.75, 3.05) is 12.3 Å². The first-order valence-corrected chi connectivity index (χ1v) is 4.73. The van der Waals surface area contributed by atoms with Crippen LogP contribution in [0.4, 0.5) is 5.69 Å². The van der Waals surface area contributed by atoms with Gasteiger partial charge in [0.05, 0.1) is 18.7 Å². The lowest BCUT2D eigenvalue weighted by atomic mass is 10.1. The second-order valence-electron chi connectivity index (χ2n) is 3.05. The highest BCUT2D eigenvalue weighted by Crippen LogP contribution is 2.12. The number of rotatable bonds is 4. The van der Waals surface area contributed by atoms with Gasteiger partial charge in [0.2, 0.25) is 0 Å². The Bertz CT molecular complexity index is 375. The molecule has 4 nitrogen and oxygen atoms in total. The number of carbonyl (C=O) groups excluding carboxylic acids is 1. The summed E-state index contributed by atoms with van der Waals surface area (Å²) in [6.45, 7) is 2.06. The van der Waals surface area contributed by atoms with E-state index in [1.165, 1.54) is 0 Å². The van der Waals surface area contributed by atoms with Gasteiger partial charge >= 0.3 is 5.97 Å². The minimum atomic E-state index is -0.397. The molecule has 1 aromatic rings. The van der Waals surface area contributed by atoms with Gasteiger partial charge in [-0.3, -0.25) is 4.79 Å². The van der Waals surface area contributed by atoms with Gasteiger partial charge in [-0.2, -0.15) is 0 Å². The van der Waals surface area contributed by atoms with Crippen LogP contribution in [0.25, 0.3) is 0 Å². The number of para-hydroxylation sites is 1. The minimum absolute atomic E-state index is 0.0396.